The Balaban J connectivity index is 1.75. The standard InChI is InChI=1S/C18H26O2/c1-3-15-7-5-8-16(13-15)18(19)10-11-20-17-9-4-6-14(2)12-17/h4,6,9,12,15-16H,3,5,7-8,10-11,13H2,1-2H3. The lowest BCUT2D eigenvalue weighted by Gasteiger charge is -2.27. The molecular formula is C18H26O2. The van der Waals surface area contributed by atoms with Gasteiger partial charge in [0.25, 0.3) is 0 Å². The zero-order valence-corrected chi connectivity index (χ0v) is 12.7. The van der Waals surface area contributed by atoms with Crippen LogP contribution >= 0.6 is 0 Å². The van der Waals surface area contributed by atoms with Gasteiger partial charge in [-0.25, -0.2) is 0 Å². The molecule has 2 atom stereocenters. The molecule has 0 amide bonds. The first-order valence-corrected chi connectivity index (χ1v) is 7.91. The summed E-state index contributed by atoms with van der Waals surface area (Å²) in [4.78, 5) is 12.2. The zero-order valence-electron chi connectivity index (χ0n) is 12.7. The quantitative estimate of drug-likeness (QED) is 0.760. The van der Waals surface area contributed by atoms with Crippen LogP contribution in [0.1, 0.15) is 51.0 Å². The SMILES string of the molecule is CCC1CCCC(C(=O)CCOc2cccc(C)c2)C1. The van der Waals surface area contributed by atoms with Crippen LogP contribution in [0, 0.1) is 18.8 Å². The van der Waals surface area contributed by atoms with E-state index in [1.165, 1.54) is 24.8 Å². The Labute approximate surface area is 122 Å². The van der Waals surface area contributed by atoms with E-state index in [0.717, 1.165) is 24.5 Å². The highest BCUT2D eigenvalue weighted by atomic mass is 16.5. The number of ether oxygens (including phenoxy) is 1. The number of benzene rings is 1. The van der Waals surface area contributed by atoms with Gasteiger partial charge in [0, 0.05) is 12.3 Å². The highest BCUT2D eigenvalue weighted by Crippen LogP contribution is 2.32. The summed E-state index contributed by atoms with van der Waals surface area (Å²) in [5.41, 5.74) is 1.19. The summed E-state index contributed by atoms with van der Waals surface area (Å²) in [6, 6.07) is 7.99. The van der Waals surface area contributed by atoms with Crippen LogP contribution in [0.2, 0.25) is 0 Å². The molecule has 1 aromatic rings. The van der Waals surface area contributed by atoms with E-state index in [-0.39, 0.29) is 5.92 Å². The molecule has 1 saturated carbocycles. The van der Waals surface area contributed by atoms with Gasteiger partial charge >= 0.3 is 0 Å². The van der Waals surface area contributed by atoms with E-state index < -0.39 is 0 Å². The number of carbonyl (C=O) groups is 1. The minimum absolute atomic E-state index is 0.287. The Morgan fingerprint density at radius 1 is 1.35 bits per heavy atom. The Hall–Kier alpha value is -1.31. The molecule has 1 aliphatic rings. The molecule has 0 heterocycles. The predicted molar refractivity (Wildman–Crippen MR) is 82.0 cm³/mol. The Morgan fingerprint density at radius 2 is 2.20 bits per heavy atom. The lowest BCUT2D eigenvalue weighted by Crippen LogP contribution is -2.24. The molecule has 0 saturated heterocycles. The Kier molecular flexibility index (Phi) is 5.63. The number of hydrogen-bond donors (Lipinski definition) is 0. The molecule has 1 aliphatic carbocycles. The van der Waals surface area contributed by atoms with Gasteiger partial charge in [-0.05, 0) is 43.4 Å². The third-order valence-corrected chi connectivity index (χ3v) is 4.42. The van der Waals surface area contributed by atoms with Crippen molar-refractivity contribution >= 4 is 5.78 Å². The molecule has 0 aromatic heterocycles. The van der Waals surface area contributed by atoms with Gasteiger partial charge < -0.3 is 4.74 Å². The van der Waals surface area contributed by atoms with Crippen molar-refractivity contribution in [1.82, 2.24) is 0 Å². The first-order valence-electron chi connectivity index (χ1n) is 7.91. The maximum absolute atomic E-state index is 12.2. The number of carbonyl (C=O) groups excluding carboxylic acids is 1. The molecule has 1 fully saturated rings. The monoisotopic (exact) mass is 274 g/mol. The number of ketones is 1. The summed E-state index contributed by atoms with van der Waals surface area (Å²) in [5.74, 6) is 2.31. The average Bonchev–Trinajstić information content (AvgIpc) is 2.47. The summed E-state index contributed by atoms with van der Waals surface area (Å²) in [5, 5.41) is 0. The average molecular weight is 274 g/mol. The van der Waals surface area contributed by atoms with E-state index in [0.29, 0.717) is 18.8 Å². The van der Waals surface area contributed by atoms with Crippen molar-refractivity contribution in [1.29, 1.82) is 0 Å². The second-order valence-electron chi connectivity index (χ2n) is 6.02. The number of aryl methyl sites for hydroxylation is 1. The van der Waals surface area contributed by atoms with Gasteiger partial charge in [0.15, 0.2) is 0 Å². The largest absolute Gasteiger partial charge is 0.493 e. The molecule has 0 N–H and O–H groups in total. The van der Waals surface area contributed by atoms with Gasteiger partial charge in [0.2, 0.25) is 0 Å². The molecular weight excluding hydrogens is 248 g/mol. The van der Waals surface area contributed by atoms with Gasteiger partial charge in [-0.2, -0.15) is 0 Å². The van der Waals surface area contributed by atoms with Crippen molar-refractivity contribution in [3.63, 3.8) is 0 Å². The van der Waals surface area contributed by atoms with Crippen molar-refractivity contribution in [2.24, 2.45) is 11.8 Å². The van der Waals surface area contributed by atoms with Crippen molar-refractivity contribution in [2.45, 2.75) is 52.4 Å². The molecule has 110 valence electrons. The lowest BCUT2D eigenvalue weighted by atomic mass is 9.78. The van der Waals surface area contributed by atoms with Crippen LogP contribution < -0.4 is 4.74 Å². The molecule has 0 bridgehead atoms. The highest BCUT2D eigenvalue weighted by Gasteiger charge is 2.25. The van der Waals surface area contributed by atoms with Gasteiger partial charge in [0.1, 0.15) is 11.5 Å². The van der Waals surface area contributed by atoms with Crippen LogP contribution in [0.4, 0.5) is 0 Å². The lowest BCUT2D eigenvalue weighted by molar-refractivity contribution is -0.124. The van der Waals surface area contributed by atoms with Gasteiger partial charge in [-0.1, -0.05) is 38.3 Å². The minimum Gasteiger partial charge on any atom is -0.493 e. The van der Waals surface area contributed by atoms with Crippen LogP contribution in [0.25, 0.3) is 0 Å². The van der Waals surface area contributed by atoms with Gasteiger partial charge in [-0.15, -0.1) is 0 Å². The molecule has 2 unspecified atom stereocenters. The van der Waals surface area contributed by atoms with Crippen LogP contribution in [0.5, 0.6) is 5.75 Å². The van der Waals surface area contributed by atoms with Crippen molar-refractivity contribution in [3.8, 4) is 5.75 Å². The van der Waals surface area contributed by atoms with Crippen LogP contribution in [-0.2, 0) is 4.79 Å². The number of rotatable bonds is 6. The smallest absolute Gasteiger partial charge is 0.139 e. The zero-order chi connectivity index (χ0) is 14.4. The van der Waals surface area contributed by atoms with E-state index in [1.54, 1.807) is 0 Å². The van der Waals surface area contributed by atoms with Crippen LogP contribution in [0.3, 0.4) is 0 Å². The summed E-state index contributed by atoms with van der Waals surface area (Å²) in [6.07, 6.45) is 6.46. The third kappa shape index (κ3) is 4.36. The van der Waals surface area contributed by atoms with Gasteiger partial charge in [-0.3, -0.25) is 4.79 Å². The maximum Gasteiger partial charge on any atom is 0.139 e. The first kappa shape index (κ1) is 15.1. The molecule has 2 nitrogen and oxygen atoms in total. The van der Waals surface area contributed by atoms with E-state index >= 15 is 0 Å². The van der Waals surface area contributed by atoms with Crippen molar-refractivity contribution in [2.75, 3.05) is 6.61 Å². The van der Waals surface area contributed by atoms with E-state index in [4.69, 9.17) is 4.74 Å². The van der Waals surface area contributed by atoms with Crippen molar-refractivity contribution < 1.29 is 9.53 Å². The second kappa shape index (κ2) is 7.47. The molecule has 0 spiro atoms. The topological polar surface area (TPSA) is 26.3 Å². The second-order valence-corrected chi connectivity index (χ2v) is 6.02. The number of hydrogen-bond acceptors (Lipinski definition) is 2. The predicted octanol–water partition coefficient (Wildman–Crippen LogP) is 4.55. The minimum atomic E-state index is 0.287. The molecule has 2 rings (SSSR count). The molecule has 0 radical (unpaired) electrons. The summed E-state index contributed by atoms with van der Waals surface area (Å²) < 4.78 is 5.68. The Bertz CT molecular complexity index is 439. The van der Waals surface area contributed by atoms with Crippen LogP contribution in [-0.4, -0.2) is 12.4 Å². The third-order valence-electron chi connectivity index (χ3n) is 4.42. The van der Waals surface area contributed by atoms with E-state index in [9.17, 15) is 4.79 Å². The molecule has 2 heteroatoms. The van der Waals surface area contributed by atoms with E-state index in [1.807, 2.05) is 31.2 Å². The summed E-state index contributed by atoms with van der Waals surface area (Å²) >= 11 is 0. The maximum atomic E-state index is 12.2. The summed E-state index contributed by atoms with van der Waals surface area (Å²) in [6.45, 7) is 4.79. The highest BCUT2D eigenvalue weighted by molar-refractivity contribution is 5.81. The first-order chi connectivity index (χ1) is 9.69. The fourth-order valence-electron chi connectivity index (χ4n) is 3.13. The normalized spacial score (nSPS) is 22.5. The van der Waals surface area contributed by atoms with Crippen LogP contribution in [0.15, 0.2) is 24.3 Å². The number of Topliss-reactive ketones (excluding diaryl/α,β-unsaturated/α-hetero) is 1. The molecule has 0 aliphatic heterocycles. The molecule has 1 aromatic carbocycles. The fraction of sp³-hybridized carbons (Fsp3) is 0.611. The summed E-state index contributed by atoms with van der Waals surface area (Å²) in [7, 11) is 0. The van der Waals surface area contributed by atoms with Gasteiger partial charge in [0.05, 0.1) is 6.61 Å². The fourth-order valence-corrected chi connectivity index (χ4v) is 3.13. The van der Waals surface area contributed by atoms with Crippen molar-refractivity contribution in [3.05, 3.63) is 29.8 Å². The Morgan fingerprint density at radius 3 is 2.95 bits per heavy atom. The van der Waals surface area contributed by atoms with E-state index in [2.05, 4.69) is 6.92 Å². The molecule has 20 heavy (non-hydrogen) atoms.